The molecule has 0 aliphatic rings. The molecule has 0 bridgehead atoms. The van der Waals surface area contributed by atoms with Gasteiger partial charge in [-0.1, -0.05) is 77.1 Å². The third-order valence-electron chi connectivity index (χ3n) is 5.14. The van der Waals surface area contributed by atoms with Crippen LogP contribution in [0.15, 0.2) is 45.9 Å². The first-order valence-electron chi connectivity index (χ1n) is 11.4. The molecule has 9 nitrogen and oxygen atoms in total. The van der Waals surface area contributed by atoms with Gasteiger partial charge in [-0.05, 0) is 55.0 Å². The maximum Gasteiger partial charge on any atom is 0.253 e. The number of nitrogens with one attached hydrogen (secondary N) is 2. The molecule has 2 N–H and O–H groups in total. The number of thioether (sulfide) groups is 2. The van der Waals surface area contributed by atoms with Gasteiger partial charge in [-0.25, -0.2) is 0 Å². The third-order valence-corrected chi connectivity index (χ3v) is 8.47. The van der Waals surface area contributed by atoms with E-state index in [1.165, 1.54) is 29.2 Å². The Morgan fingerprint density at radius 1 is 1.03 bits per heavy atom. The van der Waals surface area contributed by atoms with Crippen molar-refractivity contribution in [2.75, 3.05) is 16.8 Å². The summed E-state index contributed by atoms with van der Waals surface area (Å²) in [6.45, 7) is 6.09. The smallest absolute Gasteiger partial charge is 0.253 e. The van der Waals surface area contributed by atoms with Crippen molar-refractivity contribution in [2.45, 2.75) is 36.8 Å². The van der Waals surface area contributed by atoms with Crippen molar-refractivity contribution < 1.29 is 9.59 Å². The zero-order chi connectivity index (χ0) is 27.2. The van der Waals surface area contributed by atoms with E-state index in [2.05, 4.69) is 31.0 Å². The largest absolute Gasteiger partial charge is 0.345 e. The highest BCUT2D eigenvalue weighted by atomic mass is 35.5. The number of carbonyl (C=O) groups excluding carboxylic acids is 2. The molecule has 0 aliphatic carbocycles. The van der Waals surface area contributed by atoms with E-state index in [1.54, 1.807) is 23.9 Å². The molecule has 2 amide bonds. The van der Waals surface area contributed by atoms with Gasteiger partial charge in [0.1, 0.15) is 0 Å². The lowest BCUT2D eigenvalue weighted by atomic mass is 10.1. The molecule has 0 saturated carbocycles. The van der Waals surface area contributed by atoms with Gasteiger partial charge < -0.3 is 5.32 Å². The summed E-state index contributed by atoms with van der Waals surface area (Å²) >= 11 is 16.3. The Bertz CT molecular complexity index is 1480. The van der Waals surface area contributed by atoms with Gasteiger partial charge in [-0.2, -0.15) is 0 Å². The zero-order valence-electron chi connectivity index (χ0n) is 20.6. The van der Waals surface area contributed by atoms with Crippen LogP contribution in [-0.4, -0.2) is 48.3 Å². The van der Waals surface area contributed by atoms with E-state index in [0.717, 1.165) is 26.9 Å². The molecule has 0 fully saturated rings. The maximum absolute atomic E-state index is 12.8. The summed E-state index contributed by atoms with van der Waals surface area (Å²) in [6, 6.07) is 10.7. The average molecular weight is 609 g/mol. The molecule has 0 radical (unpaired) electrons. The summed E-state index contributed by atoms with van der Waals surface area (Å²) < 4.78 is 2.65. The van der Waals surface area contributed by atoms with E-state index in [0.29, 0.717) is 26.7 Å². The minimum atomic E-state index is -0.367. The Hall–Kier alpha value is -2.64. The number of rotatable bonds is 10. The first-order chi connectivity index (χ1) is 18.2. The van der Waals surface area contributed by atoms with Gasteiger partial charge in [0, 0.05) is 5.02 Å². The van der Waals surface area contributed by atoms with E-state index in [-0.39, 0.29) is 29.1 Å². The van der Waals surface area contributed by atoms with Crippen LogP contribution < -0.4 is 10.6 Å². The van der Waals surface area contributed by atoms with Crippen LogP contribution in [0.1, 0.15) is 34.2 Å². The fraction of sp³-hybridized carbons (Fsp3) is 0.250. The molecular weight excluding hydrogens is 585 g/mol. The van der Waals surface area contributed by atoms with Gasteiger partial charge in [-0.3, -0.25) is 19.5 Å². The van der Waals surface area contributed by atoms with E-state index < -0.39 is 0 Å². The fourth-order valence-electron chi connectivity index (χ4n) is 3.37. The van der Waals surface area contributed by atoms with Crippen molar-refractivity contribution in [3.8, 4) is 5.69 Å². The molecule has 2 aromatic carbocycles. The van der Waals surface area contributed by atoms with Crippen LogP contribution >= 0.6 is 58.1 Å². The number of halogens is 2. The lowest BCUT2D eigenvalue weighted by Gasteiger charge is -2.14. The molecule has 2 heterocycles. The van der Waals surface area contributed by atoms with Crippen LogP contribution in [0.3, 0.4) is 0 Å². The summed E-state index contributed by atoms with van der Waals surface area (Å²) in [7, 11) is 0. The number of aryl methyl sites for hydroxylation is 2. The fourth-order valence-corrected chi connectivity index (χ4v) is 6.29. The first-order valence-corrected chi connectivity index (χ1v) is 14.9. The summed E-state index contributed by atoms with van der Waals surface area (Å²) in [5.41, 5.74) is 3.20. The van der Waals surface area contributed by atoms with Crippen LogP contribution in [0.5, 0.6) is 0 Å². The predicted molar refractivity (Wildman–Crippen MR) is 154 cm³/mol. The minimum Gasteiger partial charge on any atom is -0.345 e. The van der Waals surface area contributed by atoms with Crippen molar-refractivity contribution in [3.05, 3.63) is 69.0 Å². The van der Waals surface area contributed by atoms with E-state index >= 15 is 0 Å². The molecule has 2 aromatic heterocycles. The normalized spacial score (nSPS) is 11.0. The quantitative estimate of drug-likeness (QED) is 0.171. The Balaban J connectivity index is 1.52. The lowest BCUT2D eigenvalue weighted by molar-refractivity contribution is -0.113. The number of aromatic nitrogens is 5. The molecule has 198 valence electrons. The minimum absolute atomic E-state index is 0.0889. The highest BCUT2D eigenvalue weighted by Crippen LogP contribution is 2.28. The van der Waals surface area contributed by atoms with Gasteiger partial charge >= 0.3 is 0 Å². The second-order valence-electron chi connectivity index (χ2n) is 7.97. The van der Waals surface area contributed by atoms with Crippen molar-refractivity contribution >= 4 is 75.0 Å². The van der Waals surface area contributed by atoms with Gasteiger partial charge in [-0.15, -0.1) is 20.4 Å². The van der Waals surface area contributed by atoms with Crippen molar-refractivity contribution in [2.24, 2.45) is 0 Å². The molecule has 4 rings (SSSR count). The van der Waals surface area contributed by atoms with Crippen LogP contribution in [0, 0.1) is 13.8 Å². The van der Waals surface area contributed by atoms with Gasteiger partial charge in [0.2, 0.25) is 11.0 Å². The van der Waals surface area contributed by atoms with Crippen LogP contribution in [-0.2, 0) is 11.3 Å². The molecule has 0 unspecified atom stereocenters. The van der Waals surface area contributed by atoms with Gasteiger partial charge in [0.25, 0.3) is 5.91 Å². The average Bonchev–Trinajstić information content (AvgIpc) is 3.49. The number of benzene rings is 2. The second-order valence-corrected chi connectivity index (χ2v) is 12.2. The molecule has 0 saturated heterocycles. The number of anilines is 1. The standard InChI is InChI=1S/C24H23Cl2N7O2S3/c1-4-36-24-32-30-22(38-24)28-20(34)12-37-23-31-29-19(33(23)18-9-13(2)5-6-14(18)3)11-27-21(35)16-8-7-15(25)10-17(16)26/h5-10H,4,11-12H2,1-3H3,(H,27,35)(H,28,30,34). The molecule has 14 heteroatoms. The Morgan fingerprint density at radius 3 is 2.61 bits per heavy atom. The van der Waals surface area contributed by atoms with Crippen molar-refractivity contribution in [1.29, 1.82) is 0 Å². The van der Waals surface area contributed by atoms with Gasteiger partial charge in [0.05, 0.1) is 28.6 Å². The molecule has 4 aromatic rings. The van der Waals surface area contributed by atoms with Crippen LogP contribution in [0.4, 0.5) is 5.13 Å². The van der Waals surface area contributed by atoms with Crippen LogP contribution in [0.25, 0.3) is 5.69 Å². The highest BCUT2D eigenvalue weighted by Gasteiger charge is 2.19. The zero-order valence-corrected chi connectivity index (χ0v) is 24.6. The van der Waals surface area contributed by atoms with Gasteiger partial charge in [0.15, 0.2) is 15.3 Å². The number of amides is 2. The third kappa shape index (κ3) is 7.06. The number of hydrogen-bond donors (Lipinski definition) is 2. The predicted octanol–water partition coefficient (Wildman–Crippen LogP) is 5.82. The van der Waals surface area contributed by atoms with E-state index in [4.69, 9.17) is 23.2 Å². The summed E-state index contributed by atoms with van der Waals surface area (Å²) in [5, 5.41) is 24.0. The topological polar surface area (TPSA) is 115 Å². The Labute approximate surface area is 242 Å². The number of carbonyl (C=O) groups is 2. The van der Waals surface area contributed by atoms with Crippen molar-refractivity contribution in [3.63, 3.8) is 0 Å². The highest BCUT2D eigenvalue weighted by molar-refractivity contribution is 8.01. The summed E-state index contributed by atoms with van der Waals surface area (Å²) in [6.07, 6.45) is 0. The lowest BCUT2D eigenvalue weighted by Crippen LogP contribution is -2.25. The summed E-state index contributed by atoms with van der Waals surface area (Å²) in [4.78, 5) is 25.4. The Kier molecular flexibility index (Phi) is 9.66. The van der Waals surface area contributed by atoms with Crippen molar-refractivity contribution in [1.82, 2.24) is 30.3 Å². The molecule has 0 atom stereocenters. The first kappa shape index (κ1) is 28.4. The van der Waals surface area contributed by atoms with E-state index in [9.17, 15) is 9.59 Å². The monoisotopic (exact) mass is 607 g/mol. The number of nitrogens with zero attached hydrogens (tertiary/aromatic N) is 5. The second kappa shape index (κ2) is 12.9. The molecule has 38 heavy (non-hydrogen) atoms. The van der Waals surface area contributed by atoms with E-state index in [1.807, 2.05) is 43.5 Å². The number of hydrogen-bond acceptors (Lipinski definition) is 9. The SMILES string of the molecule is CCSc1nnc(NC(=O)CSc2nnc(CNC(=O)c3ccc(Cl)cc3Cl)n2-c2cc(C)ccc2C)s1. The Morgan fingerprint density at radius 2 is 1.84 bits per heavy atom. The van der Waals surface area contributed by atoms with Crippen LogP contribution in [0.2, 0.25) is 10.0 Å². The molecule has 0 aliphatic heterocycles. The molecular formula is C24H23Cl2N7O2S3. The summed E-state index contributed by atoms with van der Waals surface area (Å²) in [5.74, 6) is 0.869. The molecule has 0 spiro atoms. The maximum atomic E-state index is 12.8.